The third-order valence-corrected chi connectivity index (χ3v) is 4.63. The van der Waals surface area contributed by atoms with Crippen molar-refractivity contribution in [3.63, 3.8) is 0 Å². The van der Waals surface area contributed by atoms with Gasteiger partial charge in [0.15, 0.2) is 0 Å². The molecule has 2 rings (SSSR count). The van der Waals surface area contributed by atoms with E-state index in [4.69, 9.17) is 0 Å². The second kappa shape index (κ2) is 8.51. The van der Waals surface area contributed by atoms with Crippen molar-refractivity contribution in [1.29, 1.82) is 0 Å². The van der Waals surface area contributed by atoms with Crippen molar-refractivity contribution >= 4 is 16.1 Å². The molecule has 2 aromatic carbocycles. The summed E-state index contributed by atoms with van der Waals surface area (Å²) in [5, 5.41) is 0. The van der Waals surface area contributed by atoms with Crippen molar-refractivity contribution in [3.8, 4) is 0 Å². The first-order chi connectivity index (χ1) is 10.7. The number of rotatable bonds is 8. The summed E-state index contributed by atoms with van der Waals surface area (Å²) in [6.07, 6.45) is 5.20. The summed E-state index contributed by atoms with van der Waals surface area (Å²) in [5.41, 5.74) is 2.16. The minimum absolute atomic E-state index is 0.124. The maximum atomic E-state index is 11.9. The molecule has 116 valence electrons. The lowest BCUT2D eigenvalue weighted by atomic mass is 10.2. The van der Waals surface area contributed by atoms with Crippen LogP contribution in [-0.4, -0.2) is 20.7 Å². The Kier molecular flexibility index (Phi) is 6.37. The van der Waals surface area contributed by atoms with Crippen molar-refractivity contribution < 1.29 is 8.42 Å². The van der Waals surface area contributed by atoms with E-state index < -0.39 is 10.0 Å². The number of hydrogen-bond acceptors (Lipinski definition) is 2. The van der Waals surface area contributed by atoms with E-state index in [-0.39, 0.29) is 5.75 Å². The van der Waals surface area contributed by atoms with Crippen LogP contribution >= 0.6 is 0 Å². The van der Waals surface area contributed by atoms with E-state index in [0.29, 0.717) is 19.4 Å². The first kappa shape index (κ1) is 16.5. The van der Waals surface area contributed by atoms with Crippen LogP contribution < -0.4 is 4.72 Å². The third-order valence-electron chi connectivity index (χ3n) is 3.25. The van der Waals surface area contributed by atoms with Crippen molar-refractivity contribution in [2.24, 2.45) is 0 Å². The van der Waals surface area contributed by atoms with Crippen molar-refractivity contribution in [2.75, 3.05) is 12.3 Å². The maximum absolute atomic E-state index is 11.9. The highest BCUT2D eigenvalue weighted by molar-refractivity contribution is 7.89. The lowest BCUT2D eigenvalue weighted by Gasteiger charge is -2.05. The molecule has 1 N–H and O–H groups in total. The fourth-order valence-corrected chi connectivity index (χ4v) is 3.13. The number of benzene rings is 2. The van der Waals surface area contributed by atoms with E-state index in [0.717, 1.165) is 11.1 Å². The minimum Gasteiger partial charge on any atom is -0.215 e. The molecule has 0 aliphatic heterocycles. The Labute approximate surface area is 132 Å². The summed E-state index contributed by atoms with van der Waals surface area (Å²) in [7, 11) is -3.21. The Hall–Kier alpha value is -1.91. The molecule has 0 unspecified atom stereocenters. The van der Waals surface area contributed by atoms with Gasteiger partial charge in [-0.25, -0.2) is 13.1 Å². The van der Waals surface area contributed by atoms with Crippen molar-refractivity contribution in [1.82, 2.24) is 4.72 Å². The quantitative estimate of drug-likeness (QED) is 0.760. The number of aryl methyl sites for hydroxylation is 1. The van der Waals surface area contributed by atoms with Gasteiger partial charge in [0, 0.05) is 6.54 Å². The van der Waals surface area contributed by atoms with Crippen LogP contribution in [0.15, 0.2) is 66.7 Å². The molecule has 0 heterocycles. The average molecular weight is 315 g/mol. The molecule has 0 aliphatic carbocycles. The van der Waals surface area contributed by atoms with Gasteiger partial charge in [-0.1, -0.05) is 72.8 Å². The van der Waals surface area contributed by atoms with Crippen LogP contribution in [0, 0.1) is 0 Å². The van der Waals surface area contributed by atoms with E-state index in [9.17, 15) is 8.42 Å². The van der Waals surface area contributed by atoms with E-state index >= 15 is 0 Å². The van der Waals surface area contributed by atoms with Crippen LogP contribution in [-0.2, 0) is 16.4 Å². The molecule has 0 radical (unpaired) electrons. The topological polar surface area (TPSA) is 46.2 Å². The lowest BCUT2D eigenvalue weighted by Crippen LogP contribution is -2.28. The average Bonchev–Trinajstić information content (AvgIpc) is 2.55. The first-order valence-electron chi connectivity index (χ1n) is 7.38. The Bertz CT molecular complexity index is 680. The zero-order valence-corrected chi connectivity index (χ0v) is 13.3. The van der Waals surface area contributed by atoms with Gasteiger partial charge < -0.3 is 0 Å². The molecule has 0 aliphatic rings. The Morgan fingerprint density at radius 2 is 1.55 bits per heavy atom. The van der Waals surface area contributed by atoms with Crippen LogP contribution in [0.2, 0.25) is 0 Å². The van der Waals surface area contributed by atoms with Gasteiger partial charge in [0.1, 0.15) is 0 Å². The summed E-state index contributed by atoms with van der Waals surface area (Å²) in [5.74, 6) is 0.124. The molecule has 0 spiro atoms. The van der Waals surface area contributed by atoms with E-state index in [1.165, 1.54) is 0 Å². The van der Waals surface area contributed by atoms with E-state index in [2.05, 4.69) is 4.72 Å². The van der Waals surface area contributed by atoms with Crippen LogP contribution in [0.3, 0.4) is 0 Å². The minimum atomic E-state index is -3.21. The van der Waals surface area contributed by atoms with Gasteiger partial charge in [0.05, 0.1) is 5.75 Å². The van der Waals surface area contributed by atoms with Crippen molar-refractivity contribution in [3.05, 3.63) is 77.9 Å². The van der Waals surface area contributed by atoms with Gasteiger partial charge in [0.2, 0.25) is 10.0 Å². The van der Waals surface area contributed by atoms with Gasteiger partial charge in [-0.3, -0.25) is 0 Å². The maximum Gasteiger partial charge on any atom is 0.211 e. The first-order valence-corrected chi connectivity index (χ1v) is 9.04. The fraction of sp³-hybridized carbons (Fsp3) is 0.222. The largest absolute Gasteiger partial charge is 0.215 e. The second-order valence-electron chi connectivity index (χ2n) is 5.05. The van der Waals surface area contributed by atoms with Crippen LogP contribution in [0.1, 0.15) is 17.5 Å². The smallest absolute Gasteiger partial charge is 0.211 e. The summed E-state index contributed by atoms with van der Waals surface area (Å²) in [6.45, 7) is 0.431. The molecule has 0 saturated carbocycles. The standard InChI is InChI=1S/C18H21NO2S/c20-22(21,16-14-18-11-5-2-6-12-18)19-15-8-7-13-17-9-3-1-4-10-17/h1-7,9-13,19H,8,14-16H2/b13-7+. The van der Waals surface area contributed by atoms with Gasteiger partial charge >= 0.3 is 0 Å². The third kappa shape index (κ3) is 6.24. The fourth-order valence-electron chi connectivity index (χ4n) is 2.05. The van der Waals surface area contributed by atoms with Crippen LogP contribution in [0.25, 0.3) is 6.08 Å². The Morgan fingerprint density at radius 3 is 2.23 bits per heavy atom. The number of hydrogen-bond donors (Lipinski definition) is 1. The SMILES string of the molecule is O=S(=O)(CCc1ccccc1)NCC/C=C/c1ccccc1. The highest BCUT2D eigenvalue weighted by Gasteiger charge is 2.08. The second-order valence-corrected chi connectivity index (χ2v) is 6.98. The molecule has 22 heavy (non-hydrogen) atoms. The number of sulfonamides is 1. The molecule has 0 amide bonds. The lowest BCUT2D eigenvalue weighted by molar-refractivity contribution is 0.581. The molecule has 0 saturated heterocycles. The monoisotopic (exact) mass is 315 g/mol. The summed E-state index contributed by atoms with van der Waals surface area (Å²) >= 11 is 0. The molecule has 0 aromatic heterocycles. The van der Waals surface area contributed by atoms with Crippen molar-refractivity contribution in [2.45, 2.75) is 12.8 Å². The van der Waals surface area contributed by atoms with Crippen LogP contribution in [0.4, 0.5) is 0 Å². The van der Waals surface area contributed by atoms with E-state index in [1.807, 2.05) is 72.8 Å². The normalized spacial score (nSPS) is 11.8. The Balaban J connectivity index is 1.70. The predicted molar refractivity (Wildman–Crippen MR) is 92.0 cm³/mol. The molecule has 3 nitrogen and oxygen atoms in total. The molecule has 0 bridgehead atoms. The highest BCUT2D eigenvalue weighted by Crippen LogP contribution is 2.03. The van der Waals surface area contributed by atoms with Gasteiger partial charge in [-0.2, -0.15) is 0 Å². The predicted octanol–water partition coefficient (Wildman–Crippen LogP) is 3.25. The zero-order valence-electron chi connectivity index (χ0n) is 12.5. The summed E-state index contributed by atoms with van der Waals surface area (Å²) < 4.78 is 26.4. The molecular weight excluding hydrogens is 294 g/mol. The van der Waals surface area contributed by atoms with E-state index in [1.54, 1.807) is 0 Å². The molecule has 0 atom stereocenters. The molecule has 0 fully saturated rings. The van der Waals surface area contributed by atoms with Crippen LogP contribution in [0.5, 0.6) is 0 Å². The van der Waals surface area contributed by atoms with Gasteiger partial charge in [0.25, 0.3) is 0 Å². The summed E-state index contributed by atoms with van der Waals surface area (Å²) in [4.78, 5) is 0. The van der Waals surface area contributed by atoms with Gasteiger partial charge in [-0.05, 0) is 24.0 Å². The Morgan fingerprint density at radius 1 is 0.909 bits per heavy atom. The summed E-state index contributed by atoms with van der Waals surface area (Å²) in [6, 6.07) is 19.6. The zero-order chi connectivity index (χ0) is 15.7. The molecule has 4 heteroatoms. The molecule has 2 aromatic rings. The highest BCUT2D eigenvalue weighted by atomic mass is 32.2. The van der Waals surface area contributed by atoms with Gasteiger partial charge in [-0.15, -0.1) is 0 Å². The number of nitrogens with one attached hydrogen (secondary N) is 1. The molecular formula is C18H21NO2S.